The van der Waals surface area contributed by atoms with E-state index < -0.39 is 11.6 Å². The third kappa shape index (κ3) is 5.00. The van der Waals surface area contributed by atoms with Crippen LogP contribution in [-0.2, 0) is 23.2 Å². The lowest BCUT2D eigenvalue weighted by Gasteiger charge is -2.19. The lowest BCUT2D eigenvalue weighted by atomic mass is 9.86. The van der Waals surface area contributed by atoms with E-state index in [1.54, 1.807) is 0 Å². The summed E-state index contributed by atoms with van der Waals surface area (Å²) < 4.78 is 27.7. The highest BCUT2D eigenvalue weighted by Gasteiger charge is 2.14. The molecule has 3 aromatic rings. The van der Waals surface area contributed by atoms with E-state index in [9.17, 15) is 13.6 Å². The van der Waals surface area contributed by atoms with Crippen LogP contribution in [0.5, 0.6) is 0 Å². The number of carbonyl (C=O) groups excluding carboxylic acids is 1. The Kier molecular flexibility index (Phi) is 5.53. The highest BCUT2D eigenvalue weighted by molar-refractivity contribution is 5.90. The number of benzene rings is 2. The minimum absolute atomic E-state index is 0.0605. The minimum atomic E-state index is -0.913. The van der Waals surface area contributed by atoms with Crippen LogP contribution in [0.1, 0.15) is 37.5 Å². The Hall–Kier alpha value is -3.09. The molecule has 0 fully saturated rings. The first kappa shape index (κ1) is 19.7. The second kappa shape index (κ2) is 7.88. The maximum Gasteiger partial charge on any atom is 0.248 e. The number of aromatic nitrogens is 3. The molecule has 0 aliphatic rings. The molecular formula is C21H22F2N4O. The topological polar surface area (TPSA) is 59.8 Å². The van der Waals surface area contributed by atoms with Crippen LogP contribution < -0.4 is 5.32 Å². The summed E-state index contributed by atoms with van der Waals surface area (Å²) in [4.78, 5) is 16.3. The first-order valence-corrected chi connectivity index (χ1v) is 8.93. The molecule has 146 valence electrons. The molecule has 0 saturated heterocycles. The van der Waals surface area contributed by atoms with Crippen LogP contribution in [0.15, 0.2) is 48.8 Å². The number of halogens is 2. The average molecular weight is 384 g/mol. The summed E-state index contributed by atoms with van der Waals surface area (Å²) in [6, 6.07) is 11.6. The van der Waals surface area contributed by atoms with Gasteiger partial charge in [0.15, 0.2) is 11.6 Å². The van der Waals surface area contributed by atoms with Crippen LogP contribution >= 0.6 is 0 Å². The quantitative estimate of drug-likeness (QED) is 0.721. The number of amides is 1. The molecule has 2 aromatic carbocycles. The van der Waals surface area contributed by atoms with Gasteiger partial charge in [-0.2, -0.15) is 0 Å². The fourth-order valence-electron chi connectivity index (χ4n) is 2.73. The molecule has 0 unspecified atom stereocenters. The predicted octanol–water partition coefficient (Wildman–Crippen LogP) is 4.08. The van der Waals surface area contributed by atoms with Crippen LogP contribution in [0.2, 0.25) is 0 Å². The van der Waals surface area contributed by atoms with Crippen molar-refractivity contribution in [3.63, 3.8) is 0 Å². The molecule has 0 aliphatic heterocycles. The van der Waals surface area contributed by atoms with Crippen molar-refractivity contribution in [1.29, 1.82) is 0 Å². The first-order valence-electron chi connectivity index (χ1n) is 8.93. The highest BCUT2D eigenvalue weighted by atomic mass is 19.2. The van der Waals surface area contributed by atoms with Gasteiger partial charge in [-0.1, -0.05) is 51.1 Å². The summed E-state index contributed by atoms with van der Waals surface area (Å²) in [6.07, 6.45) is 1.64. The Labute approximate surface area is 162 Å². The molecule has 5 nitrogen and oxygen atoms in total. The van der Waals surface area contributed by atoms with E-state index in [-0.39, 0.29) is 30.2 Å². The monoisotopic (exact) mass is 384 g/mol. The number of nitrogens with one attached hydrogen (secondary N) is 1. The van der Waals surface area contributed by atoms with Gasteiger partial charge in [-0.25, -0.2) is 18.4 Å². The van der Waals surface area contributed by atoms with Crippen LogP contribution in [0, 0.1) is 11.6 Å². The van der Waals surface area contributed by atoms with E-state index in [2.05, 4.69) is 36.2 Å². The highest BCUT2D eigenvalue weighted by Crippen LogP contribution is 2.22. The third-order valence-electron chi connectivity index (χ3n) is 4.30. The van der Waals surface area contributed by atoms with Gasteiger partial charge in [0.25, 0.3) is 0 Å². The van der Waals surface area contributed by atoms with Gasteiger partial charge in [0.05, 0.1) is 13.0 Å². The standard InChI is InChI=1S/C21H22F2N4O/c1-21(2,3)16-7-4-14(5-8-16)11-19(28)25-20-24-13-27(26-20)12-15-6-9-17(22)18(23)10-15/h4-10,13H,11-12H2,1-3H3,(H,25,26,28). The van der Waals surface area contributed by atoms with Crippen LogP contribution in [-0.4, -0.2) is 20.7 Å². The van der Waals surface area contributed by atoms with Crippen molar-refractivity contribution in [2.24, 2.45) is 0 Å². The second-order valence-corrected chi connectivity index (χ2v) is 7.69. The number of hydrogen-bond acceptors (Lipinski definition) is 3. The van der Waals surface area contributed by atoms with Gasteiger partial charge in [0.2, 0.25) is 11.9 Å². The summed E-state index contributed by atoms with van der Waals surface area (Å²) in [5.41, 5.74) is 2.70. The molecule has 0 atom stereocenters. The Bertz CT molecular complexity index is 975. The zero-order valence-corrected chi connectivity index (χ0v) is 16.0. The van der Waals surface area contributed by atoms with Crippen LogP contribution in [0.4, 0.5) is 14.7 Å². The van der Waals surface area contributed by atoms with Gasteiger partial charge in [-0.3, -0.25) is 10.1 Å². The maximum absolute atomic E-state index is 13.3. The summed E-state index contributed by atoms with van der Waals surface area (Å²) in [5.74, 6) is -1.87. The van der Waals surface area contributed by atoms with Crippen molar-refractivity contribution in [3.8, 4) is 0 Å². The third-order valence-corrected chi connectivity index (χ3v) is 4.30. The summed E-state index contributed by atoms with van der Waals surface area (Å²) in [7, 11) is 0. The number of rotatable bonds is 5. The molecule has 1 heterocycles. The van der Waals surface area contributed by atoms with Crippen molar-refractivity contribution in [2.75, 3.05) is 5.32 Å². The Morgan fingerprint density at radius 3 is 2.36 bits per heavy atom. The fraction of sp³-hybridized carbons (Fsp3) is 0.286. The van der Waals surface area contributed by atoms with E-state index >= 15 is 0 Å². The fourth-order valence-corrected chi connectivity index (χ4v) is 2.73. The molecule has 7 heteroatoms. The van der Waals surface area contributed by atoms with Gasteiger partial charge in [-0.05, 0) is 34.2 Å². The van der Waals surface area contributed by atoms with Gasteiger partial charge in [0, 0.05) is 0 Å². The Morgan fingerprint density at radius 2 is 1.71 bits per heavy atom. The zero-order chi connectivity index (χ0) is 20.3. The molecule has 1 aromatic heterocycles. The van der Waals surface area contributed by atoms with E-state index in [4.69, 9.17) is 0 Å². The SMILES string of the molecule is CC(C)(C)c1ccc(CC(=O)Nc2ncn(Cc3ccc(F)c(F)c3)n2)cc1. The normalized spacial score (nSPS) is 11.5. The maximum atomic E-state index is 13.3. The van der Waals surface area contributed by atoms with Gasteiger partial charge < -0.3 is 0 Å². The number of anilines is 1. The second-order valence-electron chi connectivity index (χ2n) is 7.69. The molecule has 1 N–H and O–H groups in total. The average Bonchev–Trinajstić information content (AvgIpc) is 3.04. The molecular weight excluding hydrogens is 362 g/mol. The molecule has 0 radical (unpaired) electrons. The van der Waals surface area contributed by atoms with E-state index in [0.29, 0.717) is 5.56 Å². The number of carbonyl (C=O) groups is 1. The summed E-state index contributed by atoms with van der Waals surface area (Å²) >= 11 is 0. The Morgan fingerprint density at radius 1 is 1.04 bits per heavy atom. The van der Waals surface area contributed by atoms with Crippen molar-refractivity contribution in [1.82, 2.24) is 14.8 Å². The van der Waals surface area contributed by atoms with E-state index in [1.807, 2.05) is 24.3 Å². The predicted molar refractivity (Wildman–Crippen MR) is 103 cm³/mol. The lowest BCUT2D eigenvalue weighted by molar-refractivity contribution is -0.115. The first-order chi connectivity index (χ1) is 13.2. The number of hydrogen-bond donors (Lipinski definition) is 1. The van der Waals surface area contributed by atoms with Gasteiger partial charge in [0.1, 0.15) is 6.33 Å². The van der Waals surface area contributed by atoms with Crippen molar-refractivity contribution in [3.05, 3.63) is 77.1 Å². The van der Waals surface area contributed by atoms with Gasteiger partial charge in [-0.15, -0.1) is 5.10 Å². The minimum Gasteiger partial charge on any atom is -0.293 e. The molecule has 0 bridgehead atoms. The molecule has 1 amide bonds. The van der Waals surface area contributed by atoms with Crippen LogP contribution in [0.25, 0.3) is 0 Å². The molecule has 28 heavy (non-hydrogen) atoms. The summed E-state index contributed by atoms with van der Waals surface area (Å²) in [6.45, 7) is 6.62. The molecule has 0 saturated carbocycles. The van der Waals surface area contributed by atoms with Gasteiger partial charge >= 0.3 is 0 Å². The van der Waals surface area contributed by atoms with Crippen molar-refractivity contribution < 1.29 is 13.6 Å². The Balaban J connectivity index is 1.58. The largest absolute Gasteiger partial charge is 0.293 e. The van der Waals surface area contributed by atoms with Crippen LogP contribution in [0.3, 0.4) is 0 Å². The van der Waals surface area contributed by atoms with E-state index in [0.717, 1.165) is 17.7 Å². The zero-order valence-electron chi connectivity index (χ0n) is 16.0. The van der Waals surface area contributed by atoms with E-state index in [1.165, 1.54) is 22.6 Å². The molecule has 0 spiro atoms. The summed E-state index contributed by atoms with van der Waals surface area (Å²) in [5, 5.41) is 6.79. The number of nitrogens with zero attached hydrogens (tertiary/aromatic N) is 3. The van der Waals surface area contributed by atoms with Crippen molar-refractivity contribution >= 4 is 11.9 Å². The molecule has 3 rings (SSSR count). The smallest absolute Gasteiger partial charge is 0.248 e. The lowest BCUT2D eigenvalue weighted by Crippen LogP contribution is -2.16. The molecule has 0 aliphatic carbocycles. The van der Waals surface area contributed by atoms with Crippen molar-refractivity contribution in [2.45, 2.75) is 39.2 Å².